The SMILES string of the molecule is CC(C)(C)OC(=O)N1CCCC1C1CCCN1C(=O)c1ccc(Cl)cc1F. The molecule has 7 heteroatoms. The molecule has 2 fully saturated rings. The molecule has 2 heterocycles. The van der Waals surface area contributed by atoms with Gasteiger partial charge in [-0.15, -0.1) is 0 Å². The molecule has 0 spiro atoms. The summed E-state index contributed by atoms with van der Waals surface area (Å²) in [6.07, 6.45) is 2.98. The van der Waals surface area contributed by atoms with Crippen LogP contribution in [0.3, 0.4) is 0 Å². The Bertz CT molecular complexity index is 734. The van der Waals surface area contributed by atoms with E-state index in [1.165, 1.54) is 12.1 Å². The van der Waals surface area contributed by atoms with Crippen LogP contribution in [0, 0.1) is 5.82 Å². The van der Waals surface area contributed by atoms with E-state index in [9.17, 15) is 14.0 Å². The molecule has 3 rings (SSSR count). The highest BCUT2D eigenvalue weighted by Gasteiger charge is 2.43. The number of carbonyl (C=O) groups excluding carboxylic acids is 2. The van der Waals surface area contributed by atoms with Crippen molar-refractivity contribution in [2.24, 2.45) is 0 Å². The zero-order valence-corrected chi connectivity index (χ0v) is 16.8. The van der Waals surface area contributed by atoms with Gasteiger partial charge in [-0.3, -0.25) is 4.79 Å². The maximum Gasteiger partial charge on any atom is 0.410 e. The van der Waals surface area contributed by atoms with Gasteiger partial charge in [0.1, 0.15) is 11.4 Å². The first-order valence-electron chi connectivity index (χ1n) is 9.43. The second kappa shape index (κ2) is 7.66. The maximum absolute atomic E-state index is 14.2. The molecule has 2 aliphatic rings. The summed E-state index contributed by atoms with van der Waals surface area (Å²) in [5.74, 6) is -0.962. The molecule has 148 valence electrons. The van der Waals surface area contributed by atoms with Crippen molar-refractivity contribution in [3.8, 4) is 0 Å². The fourth-order valence-electron chi connectivity index (χ4n) is 4.00. The van der Waals surface area contributed by atoms with E-state index in [0.717, 1.165) is 31.7 Å². The fraction of sp³-hybridized carbons (Fsp3) is 0.600. The first-order chi connectivity index (χ1) is 12.7. The summed E-state index contributed by atoms with van der Waals surface area (Å²) in [6, 6.07) is 3.88. The lowest BCUT2D eigenvalue weighted by Gasteiger charge is -2.35. The first kappa shape index (κ1) is 19.9. The normalized spacial score (nSPS) is 23.0. The number of likely N-dealkylation sites (tertiary alicyclic amines) is 2. The van der Waals surface area contributed by atoms with Crippen LogP contribution in [0.2, 0.25) is 5.02 Å². The van der Waals surface area contributed by atoms with Crippen molar-refractivity contribution >= 4 is 23.6 Å². The van der Waals surface area contributed by atoms with E-state index in [1.54, 1.807) is 9.80 Å². The first-order valence-corrected chi connectivity index (χ1v) is 9.81. The number of halogens is 2. The Morgan fingerprint density at radius 1 is 1.11 bits per heavy atom. The molecule has 2 unspecified atom stereocenters. The van der Waals surface area contributed by atoms with Gasteiger partial charge in [0, 0.05) is 18.1 Å². The van der Waals surface area contributed by atoms with Crippen molar-refractivity contribution in [2.45, 2.75) is 64.1 Å². The molecule has 2 aliphatic heterocycles. The Morgan fingerprint density at radius 3 is 2.30 bits per heavy atom. The summed E-state index contributed by atoms with van der Waals surface area (Å²) < 4.78 is 19.8. The number of benzene rings is 1. The highest BCUT2D eigenvalue weighted by Crippen LogP contribution is 2.32. The van der Waals surface area contributed by atoms with Crippen molar-refractivity contribution in [3.05, 3.63) is 34.6 Å². The summed E-state index contributed by atoms with van der Waals surface area (Å²) in [7, 11) is 0. The van der Waals surface area contributed by atoms with Gasteiger partial charge in [0.2, 0.25) is 0 Å². The molecule has 1 aromatic rings. The van der Waals surface area contributed by atoms with Gasteiger partial charge in [0.05, 0.1) is 17.6 Å². The Balaban J connectivity index is 1.79. The van der Waals surface area contributed by atoms with Gasteiger partial charge in [-0.2, -0.15) is 0 Å². The largest absolute Gasteiger partial charge is 0.444 e. The Hall–Kier alpha value is -1.82. The van der Waals surface area contributed by atoms with Crippen LogP contribution in [-0.4, -0.2) is 52.6 Å². The minimum absolute atomic E-state index is 0.0214. The third-order valence-electron chi connectivity index (χ3n) is 5.09. The number of carbonyl (C=O) groups is 2. The molecule has 2 saturated heterocycles. The van der Waals surface area contributed by atoms with Gasteiger partial charge >= 0.3 is 6.09 Å². The fourth-order valence-corrected chi connectivity index (χ4v) is 4.16. The van der Waals surface area contributed by atoms with E-state index in [0.29, 0.717) is 13.1 Å². The van der Waals surface area contributed by atoms with Crippen LogP contribution < -0.4 is 0 Å². The minimum atomic E-state index is -0.617. The Morgan fingerprint density at radius 2 is 1.70 bits per heavy atom. The van der Waals surface area contributed by atoms with Crippen LogP contribution in [-0.2, 0) is 4.74 Å². The summed E-state index contributed by atoms with van der Waals surface area (Å²) >= 11 is 5.80. The van der Waals surface area contributed by atoms with Gasteiger partial charge in [0.15, 0.2) is 0 Å². The Kier molecular flexibility index (Phi) is 5.65. The van der Waals surface area contributed by atoms with Crippen LogP contribution in [0.5, 0.6) is 0 Å². The van der Waals surface area contributed by atoms with Crippen LogP contribution >= 0.6 is 11.6 Å². The van der Waals surface area contributed by atoms with Crippen molar-refractivity contribution in [1.29, 1.82) is 0 Å². The van der Waals surface area contributed by atoms with Crippen LogP contribution in [0.1, 0.15) is 56.8 Å². The molecule has 0 N–H and O–H groups in total. The second-order valence-corrected chi connectivity index (χ2v) is 8.65. The number of rotatable bonds is 2. The third-order valence-corrected chi connectivity index (χ3v) is 5.33. The molecule has 0 radical (unpaired) electrons. The van der Waals surface area contributed by atoms with E-state index in [2.05, 4.69) is 0 Å². The highest BCUT2D eigenvalue weighted by atomic mass is 35.5. The van der Waals surface area contributed by atoms with Crippen molar-refractivity contribution in [1.82, 2.24) is 9.80 Å². The molecule has 5 nitrogen and oxygen atoms in total. The van der Waals surface area contributed by atoms with Gasteiger partial charge in [-0.25, -0.2) is 9.18 Å². The average molecular weight is 397 g/mol. The van der Waals surface area contributed by atoms with Crippen molar-refractivity contribution in [2.75, 3.05) is 13.1 Å². The zero-order chi connectivity index (χ0) is 19.8. The second-order valence-electron chi connectivity index (χ2n) is 8.22. The molecule has 0 saturated carbocycles. The summed E-state index contributed by atoms with van der Waals surface area (Å²) in [5.41, 5.74) is -0.546. The molecular weight excluding hydrogens is 371 g/mol. The van der Waals surface area contributed by atoms with Gasteiger partial charge in [-0.05, 0) is 64.7 Å². The number of ether oxygens (including phenoxy) is 1. The van der Waals surface area contributed by atoms with Crippen LogP contribution in [0.15, 0.2) is 18.2 Å². The van der Waals surface area contributed by atoms with E-state index in [-0.39, 0.29) is 34.7 Å². The molecule has 2 atom stereocenters. The lowest BCUT2D eigenvalue weighted by molar-refractivity contribution is 0.0146. The van der Waals surface area contributed by atoms with Crippen LogP contribution in [0.4, 0.5) is 9.18 Å². The van der Waals surface area contributed by atoms with E-state index in [4.69, 9.17) is 16.3 Å². The summed E-state index contributed by atoms with van der Waals surface area (Å²) in [4.78, 5) is 29.0. The lowest BCUT2D eigenvalue weighted by atomic mass is 10.0. The average Bonchev–Trinajstić information content (AvgIpc) is 3.21. The Labute approximate surface area is 164 Å². The molecule has 0 bridgehead atoms. The summed E-state index contributed by atoms with van der Waals surface area (Å²) in [6.45, 7) is 6.69. The molecule has 0 aromatic heterocycles. The smallest absolute Gasteiger partial charge is 0.410 e. The predicted octanol–water partition coefficient (Wildman–Crippen LogP) is 4.48. The minimum Gasteiger partial charge on any atom is -0.444 e. The molecule has 0 aliphatic carbocycles. The lowest BCUT2D eigenvalue weighted by Crippen LogP contribution is -2.51. The maximum atomic E-state index is 14.2. The quantitative estimate of drug-likeness (QED) is 0.740. The number of nitrogens with zero attached hydrogens (tertiary/aromatic N) is 2. The topological polar surface area (TPSA) is 49.9 Å². The van der Waals surface area contributed by atoms with E-state index < -0.39 is 11.4 Å². The van der Waals surface area contributed by atoms with Gasteiger partial charge in [-0.1, -0.05) is 11.6 Å². The van der Waals surface area contributed by atoms with Crippen molar-refractivity contribution in [3.63, 3.8) is 0 Å². The van der Waals surface area contributed by atoms with Crippen LogP contribution in [0.25, 0.3) is 0 Å². The third kappa shape index (κ3) is 4.37. The molecular formula is C20H26ClFN2O3. The molecule has 2 amide bonds. The standard InChI is InChI=1S/C20H26ClFN2O3/c1-20(2,3)27-19(26)24-11-5-7-17(24)16-6-4-10-23(16)18(25)14-9-8-13(21)12-15(14)22/h8-9,12,16-17H,4-7,10-11H2,1-3H3. The number of hydrogen-bond acceptors (Lipinski definition) is 3. The van der Waals surface area contributed by atoms with E-state index in [1.807, 2.05) is 20.8 Å². The summed E-state index contributed by atoms with van der Waals surface area (Å²) in [5, 5.41) is 0.258. The van der Waals surface area contributed by atoms with E-state index >= 15 is 0 Å². The molecule has 27 heavy (non-hydrogen) atoms. The highest BCUT2D eigenvalue weighted by molar-refractivity contribution is 6.30. The number of hydrogen-bond donors (Lipinski definition) is 0. The monoisotopic (exact) mass is 396 g/mol. The number of amides is 2. The van der Waals surface area contributed by atoms with Crippen molar-refractivity contribution < 1.29 is 18.7 Å². The zero-order valence-electron chi connectivity index (χ0n) is 16.0. The molecule has 1 aromatic carbocycles. The predicted molar refractivity (Wildman–Crippen MR) is 101 cm³/mol. The van der Waals surface area contributed by atoms with Gasteiger partial charge in [0.25, 0.3) is 5.91 Å². The van der Waals surface area contributed by atoms with Gasteiger partial charge < -0.3 is 14.5 Å².